The molecule has 318 valence electrons. The fourth-order valence-corrected chi connectivity index (χ4v) is 5.94. The number of aliphatic hydroxyl groups excluding tert-OH is 2. The molecule has 1 amide bonds. The molecule has 0 bridgehead atoms. The molecule has 0 aliphatic rings. The van der Waals surface area contributed by atoms with Gasteiger partial charge in [-0.1, -0.05) is 189 Å². The average molecular weight is 758 g/mol. The van der Waals surface area contributed by atoms with Gasteiger partial charge >= 0.3 is 11.9 Å². The van der Waals surface area contributed by atoms with E-state index in [1.165, 1.54) is 135 Å². The highest BCUT2D eigenvalue weighted by molar-refractivity contribution is 5.75. The molecule has 0 aromatic rings. The second kappa shape index (κ2) is 48.3. The predicted octanol–water partition coefficient (Wildman–Crippen LogP) is 12.0. The van der Waals surface area contributed by atoms with E-state index in [0.29, 0.717) is 44.8 Å². The van der Waals surface area contributed by atoms with Gasteiger partial charge in [0.2, 0.25) is 5.91 Å². The molecule has 0 aliphatic heterocycles. The van der Waals surface area contributed by atoms with E-state index in [1.54, 1.807) is 0 Å². The molecule has 0 aliphatic carbocycles. The monoisotopic (exact) mass is 758 g/mol. The maximum atomic E-state index is 12.6. The first kappa shape index (κ1) is 55.7. The van der Waals surface area contributed by atoms with Crippen LogP contribution in [0.3, 0.4) is 0 Å². The van der Waals surface area contributed by atoms with E-state index in [4.69, 9.17) is 19.7 Å². The van der Waals surface area contributed by atoms with Gasteiger partial charge in [0, 0.05) is 45.9 Å². The van der Waals surface area contributed by atoms with Gasteiger partial charge in [0.15, 0.2) is 0 Å². The summed E-state index contributed by atoms with van der Waals surface area (Å²) in [6, 6.07) is 0. The van der Waals surface area contributed by atoms with Gasteiger partial charge in [0.25, 0.3) is 0 Å². The Morgan fingerprint density at radius 3 is 1.19 bits per heavy atom. The fourth-order valence-electron chi connectivity index (χ4n) is 5.94. The highest BCUT2D eigenvalue weighted by Crippen LogP contribution is 2.15. The summed E-state index contributed by atoms with van der Waals surface area (Å²) in [5.41, 5.74) is 0. The summed E-state index contributed by atoms with van der Waals surface area (Å²) >= 11 is 0. The van der Waals surface area contributed by atoms with Crippen molar-refractivity contribution in [2.45, 2.75) is 240 Å². The van der Waals surface area contributed by atoms with Crippen molar-refractivity contribution in [2.75, 3.05) is 26.9 Å². The number of ether oxygens (including phenoxy) is 2. The Balaban J connectivity index is -0.00000327. The molecule has 8 nitrogen and oxygen atoms in total. The number of amides is 1. The largest absolute Gasteiger partial charge is 0.462 e. The first-order chi connectivity index (χ1) is 25.8. The van der Waals surface area contributed by atoms with E-state index in [-0.39, 0.29) is 24.5 Å². The normalized spacial score (nSPS) is 11.3. The van der Waals surface area contributed by atoms with Crippen LogP contribution in [0.15, 0.2) is 0 Å². The Morgan fingerprint density at radius 1 is 0.509 bits per heavy atom. The lowest BCUT2D eigenvalue weighted by Gasteiger charge is -2.18. The lowest BCUT2D eigenvalue weighted by Crippen LogP contribution is -2.31. The molecule has 0 aromatic carbocycles. The van der Waals surface area contributed by atoms with Crippen LogP contribution in [0.4, 0.5) is 0 Å². The quantitative estimate of drug-likeness (QED) is 0.0426. The summed E-state index contributed by atoms with van der Waals surface area (Å²) in [4.78, 5) is 36.8. The van der Waals surface area contributed by atoms with Crippen LogP contribution in [-0.2, 0) is 23.9 Å². The van der Waals surface area contributed by atoms with Crippen LogP contribution in [0.2, 0.25) is 0 Å². The van der Waals surface area contributed by atoms with E-state index < -0.39 is 6.10 Å². The number of hydrogen-bond acceptors (Lipinski definition) is 7. The third-order valence-electron chi connectivity index (χ3n) is 9.33. The predicted molar refractivity (Wildman–Crippen MR) is 224 cm³/mol. The van der Waals surface area contributed by atoms with Crippen molar-refractivity contribution in [3.05, 3.63) is 0 Å². The van der Waals surface area contributed by atoms with Gasteiger partial charge in [-0.05, 0) is 25.2 Å². The van der Waals surface area contributed by atoms with E-state index in [0.717, 1.165) is 45.6 Å². The molecule has 8 heteroatoms. The first-order valence-corrected chi connectivity index (χ1v) is 22.5. The SMILES string of the molecule is CC(C)CO.CCCCCCCCCCCCCCCC(=O)OCC(CCNC(=O)CCC)OC(=O)CCCCCCCCCCCCCCC.CO. The van der Waals surface area contributed by atoms with Crippen LogP contribution in [0, 0.1) is 5.92 Å². The molecule has 0 fully saturated rings. The molecule has 1 unspecified atom stereocenters. The fraction of sp³-hybridized carbons (Fsp3) is 0.933. The Labute approximate surface area is 329 Å². The average Bonchev–Trinajstić information content (AvgIpc) is 3.15. The van der Waals surface area contributed by atoms with Gasteiger partial charge in [0.1, 0.15) is 12.7 Å². The van der Waals surface area contributed by atoms with Crippen LogP contribution in [-0.4, -0.2) is 61.0 Å². The van der Waals surface area contributed by atoms with E-state index in [9.17, 15) is 14.4 Å². The Bertz CT molecular complexity index is 746. The molecule has 53 heavy (non-hydrogen) atoms. The molecule has 0 rings (SSSR count). The highest BCUT2D eigenvalue weighted by Gasteiger charge is 2.17. The maximum absolute atomic E-state index is 12.6. The second-order valence-corrected chi connectivity index (χ2v) is 15.2. The van der Waals surface area contributed by atoms with Crippen LogP contribution < -0.4 is 5.32 Å². The third-order valence-corrected chi connectivity index (χ3v) is 9.33. The zero-order chi connectivity index (χ0) is 40.0. The van der Waals surface area contributed by atoms with E-state index >= 15 is 0 Å². The second-order valence-electron chi connectivity index (χ2n) is 15.2. The molecule has 0 aromatic heterocycles. The van der Waals surface area contributed by atoms with Crippen molar-refractivity contribution in [3.63, 3.8) is 0 Å². The molecular formula is C45H91NO7. The highest BCUT2D eigenvalue weighted by atomic mass is 16.6. The van der Waals surface area contributed by atoms with Crippen LogP contribution in [0.25, 0.3) is 0 Å². The van der Waals surface area contributed by atoms with Crippen molar-refractivity contribution < 1.29 is 34.1 Å². The number of carbonyl (C=O) groups excluding carboxylic acids is 3. The van der Waals surface area contributed by atoms with Gasteiger partial charge in [-0.2, -0.15) is 0 Å². The van der Waals surface area contributed by atoms with E-state index in [1.807, 2.05) is 20.8 Å². The minimum Gasteiger partial charge on any atom is -0.462 e. The van der Waals surface area contributed by atoms with Crippen molar-refractivity contribution in [3.8, 4) is 0 Å². The van der Waals surface area contributed by atoms with E-state index in [2.05, 4.69) is 19.2 Å². The molecule has 0 saturated carbocycles. The van der Waals surface area contributed by atoms with Crippen molar-refractivity contribution in [1.29, 1.82) is 0 Å². The zero-order valence-corrected chi connectivity index (χ0v) is 36.1. The molecule has 3 N–H and O–H groups in total. The summed E-state index contributed by atoms with van der Waals surface area (Å²) in [7, 11) is 1.00. The topological polar surface area (TPSA) is 122 Å². The van der Waals surface area contributed by atoms with Crippen molar-refractivity contribution in [1.82, 2.24) is 5.32 Å². The summed E-state index contributed by atoms with van der Waals surface area (Å²) in [5, 5.41) is 18.0. The minimum atomic E-state index is -0.521. The minimum absolute atomic E-state index is 0.000969. The molecule has 0 saturated heterocycles. The number of esters is 2. The lowest BCUT2D eigenvalue weighted by molar-refractivity contribution is -0.159. The number of hydrogen-bond donors (Lipinski definition) is 3. The summed E-state index contributed by atoms with van der Waals surface area (Å²) in [5.74, 6) is -0.0231. The van der Waals surface area contributed by atoms with Gasteiger partial charge in [-0.25, -0.2) is 0 Å². The van der Waals surface area contributed by atoms with Crippen molar-refractivity contribution in [2.24, 2.45) is 5.92 Å². The molecule has 0 spiro atoms. The van der Waals surface area contributed by atoms with Gasteiger partial charge < -0.3 is 25.0 Å². The summed E-state index contributed by atoms with van der Waals surface area (Å²) < 4.78 is 11.2. The molecular weight excluding hydrogens is 666 g/mol. The Hall–Kier alpha value is -1.67. The number of nitrogens with one attached hydrogen (secondary N) is 1. The first-order valence-electron chi connectivity index (χ1n) is 22.5. The van der Waals surface area contributed by atoms with Crippen LogP contribution in [0.1, 0.15) is 234 Å². The number of aliphatic hydroxyl groups is 2. The number of carbonyl (C=O) groups is 3. The lowest BCUT2D eigenvalue weighted by atomic mass is 10.0. The molecule has 0 heterocycles. The molecule has 0 radical (unpaired) electrons. The smallest absolute Gasteiger partial charge is 0.306 e. The number of unbranched alkanes of at least 4 members (excludes halogenated alkanes) is 24. The maximum Gasteiger partial charge on any atom is 0.306 e. The third kappa shape index (κ3) is 50.3. The Morgan fingerprint density at radius 2 is 0.849 bits per heavy atom. The summed E-state index contributed by atoms with van der Waals surface area (Å²) in [6.07, 6.45) is 34.9. The van der Waals surface area contributed by atoms with Gasteiger partial charge in [-0.15, -0.1) is 0 Å². The van der Waals surface area contributed by atoms with Gasteiger partial charge in [0.05, 0.1) is 0 Å². The Kier molecular flexibility index (Phi) is 50.8. The van der Waals surface area contributed by atoms with Crippen LogP contribution >= 0.6 is 0 Å². The standard InChI is InChI=1S/C40H77NO5.C4H10O.CH4O/c1-4-7-9-11-13-15-17-19-21-23-25-27-29-32-39(43)45-36-37(34-35-41-38(42)31-6-3)46-40(44)33-30-28-26-24-22-20-18-16-14-12-10-8-5-2;1-4(2)3-5;1-2/h37H,4-36H2,1-3H3,(H,41,42);4-5H,3H2,1-2H3;2H,1H3. The van der Waals surface area contributed by atoms with Gasteiger partial charge in [-0.3, -0.25) is 14.4 Å². The summed E-state index contributed by atoms with van der Waals surface area (Å²) in [6.45, 7) is 11.2. The van der Waals surface area contributed by atoms with Crippen LogP contribution in [0.5, 0.6) is 0 Å². The zero-order valence-electron chi connectivity index (χ0n) is 36.1. The molecule has 1 atom stereocenters. The number of rotatable bonds is 37. The van der Waals surface area contributed by atoms with Crippen molar-refractivity contribution >= 4 is 17.8 Å².